The Balaban J connectivity index is 1.48. The van der Waals surface area contributed by atoms with E-state index in [-0.39, 0.29) is 0 Å². The van der Waals surface area contributed by atoms with Gasteiger partial charge in [-0.3, -0.25) is 0 Å². The van der Waals surface area contributed by atoms with Crippen LogP contribution in [-0.4, -0.2) is 0 Å². The van der Waals surface area contributed by atoms with Crippen molar-refractivity contribution in [3.05, 3.63) is 70.8 Å². The van der Waals surface area contributed by atoms with Crippen LogP contribution < -0.4 is 0 Å². The molecule has 0 radical (unpaired) electrons. The van der Waals surface area contributed by atoms with Crippen LogP contribution in [-0.2, 0) is 6.42 Å². The van der Waals surface area contributed by atoms with Gasteiger partial charge in [0.25, 0.3) is 0 Å². The van der Waals surface area contributed by atoms with E-state index in [1.807, 2.05) is 0 Å². The zero-order valence-corrected chi connectivity index (χ0v) is 19.6. The van der Waals surface area contributed by atoms with E-state index < -0.39 is 0 Å². The molecule has 31 heavy (non-hydrogen) atoms. The Morgan fingerprint density at radius 1 is 0.710 bits per heavy atom. The molecule has 1 aliphatic carbocycles. The molecule has 0 heterocycles. The third kappa shape index (κ3) is 7.96. The fraction of sp³-hybridized carbons (Fsp3) is 0.484. The first-order chi connectivity index (χ1) is 15.3. The highest BCUT2D eigenvalue weighted by molar-refractivity contribution is 5.44. The van der Waals surface area contributed by atoms with E-state index in [9.17, 15) is 0 Å². The second-order valence-electron chi connectivity index (χ2n) is 9.01. The van der Waals surface area contributed by atoms with E-state index in [0.29, 0.717) is 5.92 Å². The number of unbranched alkanes of at least 4 members (excludes halogenated alkanes) is 3. The van der Waals surface area contributed by atoms with Crippen LogP contribution in [0.25, 0.3) is 0 Å². The van der Waals surface area contributed by atoms with E-state index in [1.54, 1.807) is 0 Å². The van der Waals surface area contributed by atoms with Gasteiger partial charge in [0, 0.05) is 24.0 Å². The standard InChI is InChI=1S/C31H38/c1-3-5-7-9-11-26-12-14-28(15-13-26)16-17-29-20-24-31(25-21-29)30-22-18-27(19-23-30)10-8-6-4-2/h12-15,20-21,24-25,27,30H,3-5,7,9-11,18-19,22-23H2,1-2H3. The summed E-state index contributed by atoms with van der Waals surface area (Å²) >= 11 is 0. The summed E-state index contributed by atoms with van der Waals surface area (Å²) in [5, 5.41) is 0. The molecule has 0 nitrogen and oxygen atoms in total. The summed E-state index contributed by atoms with van der Waals surface area (Å²) in [6.45, 7) is 4.39. The van der Waals surface area contributed by atoms with Crippen molar-refractivity contribution < 1.29 is 0 Å². The van der Waals surface area contributed by atoms with Crippen LogP contribution in [0.2, 0.25) is 0 Å². The fourth-order valence-electron chi connectivity index (χ4n) is 4.54. The Kier molecular flexibility index (Phi) is 9.80. The van der Waals surface area contributed by atoms with Crippen LogP contribution in [0.5, 0.6) is 0 Å². The molecule has 0 spiro atoms. The van der Waals surface area contributed by atoms with E-state index in [0.717, 1.165) is 29.9 Å². The molecule has 0 aliphatic heterocycles. The summed E-state index contributed by atoms with van der Waals surface area (Å²) in [5.74, 6) is 14.8. The SMILES string of the molecule is CCC#CCC1CCC(c2ccc(C#Cc3ccc(CCCCCC)cc3)cc2)CC1. The zero-order valence-electron chi connectivity index (χ0n) is 19.6. The second-order valence-corrected chi connectivity index (χ2v) is 9.01. The first-order valence-electron chi connectivity index (χ1n) is 12.4. The number of hydrogen-bond acceptors (Lipinski definition) is 0. The van der Waals surface area contributed by atoms with Crippen LogP contribution in [0.3, 0.4) is 0 Å². The van der Waals surface area contributed by atoms with Crippen molar-refractivity contribution in [3.8, 4) is 23.7 Å². The van der Waals surface area contributed by atoms with Gasteiger partial charge in [0.15, 0.2) is 0 Å². The smallest absolute Gasteiger partial charge is 0.0249 e. The maximum atomic E-state index is 3.35. The average molecular weight is 411 g/mol. The average Bonchev–Trinajstić information content (AvgIpc) is 2.82. The molecular weight excluding hydrogens is 372 g/mol. The Bertz CT molecular complexity index is 885. The van der Waals surface area contributed by atoms with Crippen molar-refractivity contribution in [1.82, 2.24) is 0 Å². The fourth-order valence-corrected chi connectivity index (χ4v) is 4.54. The summed E-state index contributed by atoms with van der Waals surface area (Å²) < 4.78 is 0. The van der Waals surface area contributed by atoms with Gasteiger partial charge in [-0.05, 0) is 85.8 Å². The molecule has 162 valence electrons. The lowest BCUT2D eigenvalue weighted by Gasteiger charge is -2.27. The van der Waals surface area contributed by atoms with Crippen LogP contribution >= 0.6 is 0 Å². The van der Waals surface area contributed by atoms with Crippen molar-refractivity contribution in [2.75, 3.05) is 0 Å². The van der Waals surface area contributed by atoms with Gasteiger partial charge in [-0.1, -0.05) is 69.2 Å². The third-order valence-electron chi connectivity index (χ3n) is 6.55. The zero-order chi connectivity index (χ0) is 21.7. The monoisotopic (exact) mass is 410 g/mol. The van der Waals surface area contributed by atoms with Crippen molar-refractivity contribution in [2.45, 2.75) is 90.4 Å². The highest BCUT2D eigenvalue weighted by atomic mass is 14.3. The molecule has 2 aromatic rings. The first-order valence-corrected chi connectivity index (χ1v) is 12.4. The minimum Gasteiger partial charge on any atom is -0.104 e. The van der Waals surface area contributed by atoms with E-state index in [1.165, 1.54) is 68.9 Å². The summed E-state index contributed by atoms with van der Waals surface area (Å²) in [6.07, 6.45) is 13.8. The van der Waals surface area contributed by atoms with Gasteiger partial charge in [0.1, 0.15) is 0 Å². The molecule has 0 saturated heterocycles. The molecule has 0 heteroatoms. The molecular formula is C31H38. The normalized spacial score (nSPS) is 17.9. The van der Waals surface area contributed by atoms with Crippen LogP contribution in [0.4, 0.5) is 0 Å². The number of aryl methyl sites for hydroxylation is 1. The molecule has 2 aromatic carbocycles. The van der Waals surface area contributed by atoms with Gasteiger partial charge in [-0.2, -0.15) is 0 Å². The van der Waals surface area contributed by atoms with Gasteiger partial charge < -0.3 is 0 Å². The van der Waals surface area contributed by atoms with Gasteiger partial charge in [0.2, 0.25) is 0 Å². The Morgan fingerprint density at radius 3 is 1.97 bits per heavy atom. The molecule has 1 saturated carbocycles. The van der Waals surface area contributed by atoms with E-state index in [4.69, 9.17) is 0 Å². The predicted octanol–water partition coefficient (Wildman–Crippen LogP) is 8.29. The lowest BCUT2D eigenvalue weighted by atomic mass is 9.77. The summed E-state index contributed by atoms with van der Waals surface area (Å²) in [5.41, 5.74) is 5.12. The highest BCUT2D eigenvalue weighted by Crippen LogP contribution is 2.36. The Labute approximate surface area is 190 Å². The van der Waals surface area contributed by atoms with Crippen molar-refractivity contribution in [2.24, 2.45) is 5.92 Å². The van der Waals surface area contributed by atoms with Crippen molar-refractivity contribution >= 4 is 0 Å². The van der Waals surface area contributed by atoms with Gasteiger partial charge in [-0.15, -0.1) is 11.8 Å². The minimum absolute atomic E-state index is 0.710. The highest BCUT2D eigenvalue weighted by Gasteiger charge is 2.21. The molecule has 0 aromatic heterocycles. The largest absolute Gasteiger partial charge is 0.104 e. The van der Waals surface area contributed by atoms with Gasteiger partial charge in [-0.25, -0.2) is 0 Å². The molecule has 0 bridgehead atoms. The summed E-state index contributed by atoms with van der Waals surface area (Å²) in [6, 6.07) is 17.8. The van der Waals surface area contributed by atoms with Crippen LogP contribution in [0.1, 0.15) is 106 Å². The van der Waals surface area contributed by atoms with Crippen LogP contribution in [0, 0.1) is 29.6 Å². The molecule has 1 fully saturated rings. The number of hydrogen-bond donors (Lipinski definition) is 0. The summed E-state index contributed by atoms with van der Waals surface area (Å²) in [4.78, 5) is 0. The first kappa shape index (κ1) is 23.2. The predicted molar refractivity (Wildman–Crippen MR) is 134 cm³/mol. The molecule has 0 atom stereocenters. The maximum absolute atomic E-state index is 3.35. The topological polar surface area (TPSA) is 0 Å². The Morgan fingerprint density at radius 2 is 1.35 bits per heavy atom. The van der Waals surface area contributed by atoms with Gasteiger partial charge >= 0.3 is 0 Å². The molecule has 0 amide bonds. The minimum atomic E-state index is 0.710. The third-order valence-corrected chi connectivity index (χ3v) is 6.55. The van der Waals surface area contributed by atoms with E-state index in [2.05, 4.69) is 86.1 Å². The Hall–Kier alpha value is -2.44. The molecule has 0 unspecified atom stereocenters. The second kappa shape index (κ2) is 13.1. The van der Waals surface area contributed by atoms with Gasteiger partial charge in [0.05, 0.1) is 0 Å². The quantitative estimate of drug-likeness (QED) is 0.318. The van der Waals surface area contributed by atoms with Crippen molar-refractivity contribution in [1.29, 1.82) is 0 Å². The molecule has 1 aliphatic rings. The molecule has 0 N–H and O–H groups in total. The lowest BCUT2D eigenvalue weighted by Crippen LogP contribution is -2.12. The summed E-state index contributed by atoms with van der Waals surface area (Å²) in [7, 11) is 0. The molecule has 3 rings (SSSR count). The van der Waals surface area contributed by atoms with Crippen molar-refractivity contribution in [3.63, 3.8) is 0 Å². The van der Waals surface area contributed by atoms with E-state index >= 15 is 0 Å². The number of benzene rings is 2. The maximum Gasteiger partial charge on any atom is 0.0249 e. The van der Waals surface area contributed by atoms with Crippen LogP contribution in [0.15, 0.2) is 48.5 Å². The number of rotatable bonds is 7. The lowest BCUT2D eigenvalue weighted by molar-refractivity contribution is 0.331.